The highest BCUT2D eigenvalue weighted by atomic mass is 16.3. The van der Waals surface area contributed by atoms with Crippen LogP contribution in [0.5, 0.6) is 0 Å². The zero-order chi connectivity index (χ0) is 46.6. The van der Waals surface area contributed by atoms with Gasteiger partial charge in [-0.05, 0) is 117 Å². The van der Waals surface area contributed by atoms with Gasteiger partial charge in [0.25, 0.3) is 6.71 Å². The van der Waals surface area contributed by atoms with Gasteiger partial charge in [-0.3, -0.25) is 0 Å². The Morgan fingerprint density at radius 1 is 0.559 bits per heavy atom. The number of aromatic nitrogens is 1. The number of furan rings is 1. The van der Waals surface area contributed by atoms with Crippen molar-refractivity contribution in [2.45, 2.75) is 122 Å². The molecule has 7 aromatic carbocycles. The molecule has 2 unspecified atom stereocenters. The summed E-state index contributed by atoms with van der Waals surface area (Å²) in [4.78, 5) is 5.39. The second-order valence-corrected chi connectivity index (χ2v) is 24.0. The molecule has 2 aliphatic carbocycles. The van der Waals surface area contributed by atoms with Gasteiger partial charge in [0.2, 0.25) is 0 Å². The molecule has 5 aliphatic rings. The number of anilines is 5. The molecule has 5 heteroatoms. The molecule has 2 atom stereocenters. The molecule has 0 spiro atoms. The molecule has 1 fully saturated rings. The Labute approximate surface area is 401 Å². The SMILES string of the molecule is CC(C)(C)c1cc2c3c(c1)-n1c4c(c5cccc(c51)B3c1ccc(N3c5ccc(C(C)(C)C)cc5C5(C)CCCCC35C)cc1N2c1cccc2c1oc1ccccc12)-c1ccccc1C4(C)C. The van der Waals surface area contributed by atoms with E-state index in [1.165, 1.54) is 114 Å². The lowest BCUT2D eigenvalue weighted by atomic mass is 9.33. The normalized spacial score (nSPS) is 20.7. The van der Waals surface area contributed by atoms with Gasteiger partial charge in [-0.25, -0.2) is 0 Å². The second kappa shape index (κ2) is 13.0. The number of hydrogen-bond donors (Lipinski definition) is 0. The van der Waals surface area contributed by atoms with Crippen LogP contribution in [-0.4, -0.2) is 16.8 Å². The minimum atomic E-state index is -0.204. The summed E-state index contributed by atoms with van der Waals surface area (Å²) in [6, 6.07) is 51.7. The number of hydrogen-bond acceptors (Lipinski definition) is 3. The van der Waals surface area contributed by atoms with Crippen LogP contribution < -0.4 is 26.2 Å². The van der Waals surface area contributed by atoms with E-state index < -0.39 is 0 Å². The molecule has 1 saturated carbocycles. The zero-order valence-electron chi connectivity index (χ0n) is 41.4. The average Bonchev–Trinajstić information content (AvgIpc) is 4.00. The molecule has 3 aliphatic heterocycles. The van der Waals surface area contributed by atoms with E-state index in [0.717, 1.165) is 34.0 Å². The van der Waals surface area contributed by atoms with Gasteiger partial charge in [-0.2, -0.15) is 0 Å². The van der Waals surface area contributed by atoms with E-state index in [9.17, 15) is 0 Å². The van der Waals surface area contributed by atoms with Crippen molar-refractivity contribution in [3.8, 4) is 16.8 Å². The Kier molecular flexibility index (Phi) is 7.76. The fourth-order valence-corrected chi connectivity index (χ4v) is 14.3. The Morgan fingerprint density at radius 3 is 2.10 bits per heavy atom. The number of rotatable bonds is 2. The van der Waals surface area contributed by atoms with Crippen LogP contribution in [0.15, 0.2) is 138 Å². The summed E-state index contributed by atoms with van der Waals surface area (Å²) < 4.78 is 9.74. The molecule has 9 aromatic rings. The van der Waals surface area contributed by atoms with Crippen molar-refractivity contribution in [1.82, 2.24) is 4.57 Å². The smallest absolute Gasteiger partial charge is 0.252 e. The molecule has 0 bridgehead atoms. The number of benzene rings is 7. The van der Waals surface area contributed by atoms with E-state index >= 15 is 0 Å². The van der Waals surface area contributed by atoms with E-state index in [1.54, 1.807) is 0 Å². The summed E-state index contributed by atoms with van der Waals surface area (Å²) in [5, 5.41) is 3.64. The van der Waals surface area contributed by atoms with Gasteiger partial charge in [0.15, 0.2) is 5.58 Å². The van der Waals surface area contributed by atoms with Crippen LogP contribution in [0.3, 0.4) is 0 Å². The van der Waals surface area contributed by atoms with E-state index in [2.05, 4.69) is 217 Å². The Balaban J connectivity index is 1.10. The van der Waals surface area contributed by atoms with Crippen LogP contribution in [0.2, 0.25) is 0 Å². The summed E-state index contributed by atoms with van der Waals surface area (Å²) in [5.74, 6) is 0. The molecule has 336 valence electrons. The minimum Gasteiger partial charge on any atom is -0.454 e. The average molecular weight is 886 g/mol. The molecule has 0 N–H and O–H groups in total. The highest BCUT2D eigenvalue weighted by Crippen LogP contribution is 2.62. The van der Waals surface area contributed by atoms with Crippen LogP contribution >= 0.6 is 0 Å². The van der Waals surface area contributed by atoms with Gasteiger partial charge < -0.3 is 18.8 Å². The van der Waals surface area contributed by atoms with Gasteiger partial charge in [-0.15, -0.1) is 0 Å². The van der Waals surface area contributed by atoms with Crippen molar-refractivity contribution in [2.75, 3.05) is 9.80 Å². The predicted octanol–water partition coefficient (Wildman–Crippen LogP) is 14.8. The summed E-state index contributed by atoms with van der Waals surface area (Å²) >= 11 is 0. The largest absolute Gasteiger partial charge is 0.454 e. The summed E-state index contributed by atoms with van der Waals surface area (Å²) in [6.07, 6.45) is 4.83. The van der Waals surface area contributed by atoms with Crippen LogP contribution in [0.1, 0.15) is 123 Å². The number of para-hydroxylation sites is 3. The third-order valence-corrected chi connectivity index (χ3v) is 18.0. The number of nitrogens with zero attached hydrogens (tertiary/aromatic N) is 3. The first-order valence-corrected chi connectivity index (χ1v) is 25.3. The minimum absolute atomic E-state index is 0.0115. The van der Waals surface area contributed by atoms with Gasteiger partial charge in [-0.1, -0.05) is 166 Å². The highest BCUT2D eigenvalue weighted by molar-refractivity contribution is 7.00. The molecular formula is C63H60BN3O. The van der Waals surface area contributed by atoms with Crippen LogP contribution in [0.4, 0.5) is 28.4 Å². The fourth-order valence-electron chi connectivity index (χ4n) is 14.3. The Bertz CT molecular complexity index is 3700. The van der Waals surface area contributed by atoms with Crippen LogP contribution in [0.25, 0.3) is 49.7 Å². The second-order valence-electron chi connectivity index (χ2n) is 24.0. The van der Waals surface area contributed by atoms with E-state index in [4.69, 9.17) is 4.42 Å². The third kappa shape index (κ3) is 4.93. The Morgan fingerprint density at radius 2 is 1.28 bits per heavy atom. The highest BCUT2D eigenvalue weighted by Gasteiger charge is 2.58. The predicted molar refractivity (Wildman–Crippen MR) is 288 cm³/mol. The lowest BCUT2D eigenvalue weighted by Crippen LogP contribution is -2.61. The lowest BCUT2D eigenvalue weighted by molar-refractivity contribution is 0.195. The zero-order valence-corrected chi connectivity index (χ0v) is 41.4. The summed E-state index contributed by atoms with van der Waals surface area (Å²) in [6.45, 7) is 24.2. The topological polar surface area (TPSA) is 24.6 Å². The molecule has 14 rings (SSSR count). The quantitative estimate of drug-likeness (QED) is 0.162. The van der Waals surface area contributed by atoms with Crippen LogP contribution in [0, 0.1) is 0 Å². The first-order valence-electron chi connectivity index (χ1n) is 25.3. The van der Waals surface area contributed by atoms with E-state index in [-0.39, 0.29) is 33.9 Å². The fraction of sp³-hybridized carbons (Fsp3) is 0.302. The molecular weight excluding hydrogens is 826 g/mol. The van der Waals surface area contributed by atoms with E-state index in [1.807, 2.05) is 0 Å². The van der Waals surface area contributed by atoms with Gasteiger partial charge in [0, 0.05) is 72.2 Å². The maximum absolute atomic E-state index is 7.03. The van der Waals surface area contributed by atoms with Crippen molar-refractivity contribution in [3.63, 3.8) is 0 Å². The van der Waals surface area contributed by atoms with Crippen molar-refractivity contribution < 1.29 is 4.42 Å². The molecule has 4 nitrogen and oxygen atoms in total. The van der Waals surface area contributed by atoms with Crippen molar-refractivity contribution >= 4 is 84.4 Å². The molecule has 68 heavy (non-hydrogen) atoms. The van der Waals surface area contributed by atoms with Gasteiger partial charge >= 0.3 is 0 Å². The first-order chi connectivity index (χ1) is 32.5. The number of fused-ring (bicyclic) bond motifs is 15. The lowest BCUT2D eigenvalue weighted by Gasteiger charge is -2.50. The molecule has 0 saturated heterocycles. The third-order valence-electron chi connectivity index (χ3n) is 18.0. The molecule has 2 aromatic heterocycles. The van der Waals surface area contributed by atoms with Crippen molar-refractivity contribution in [1.29, 1.82) is 0 Å². The summed E-state index contributed by atoms with van der Waals surface area (Å²) in [7, 11) is 0. The maximum Gasteiger partial charge on any atom is 0.252 e. The molecule has 0 amide bonds. The maximum atomic E-state index is 7.03. The standard InChI is InChI=1S/C63H60BN3O/c1-59(2,3)37-27-30-48-45(33-37)62(9)31-15-16-32-63(62,10)67(48)39-28-29-46-50(36-39)65(49-25-18-21-41-40-19-12-14-26-53(40)68-57(41)49)51-34-38(60(4,5)6)35-52-55(51)64(46)47-24-17-22-43-54-42-20-11-13-23-44(42)61(7,8)58(54)66(52)56(43)47/h11-14,17-30,33-36H,15-16,31-32H2,1-10H3. The van der Waals surface area contributed by atoms with Crippen LogP contribution in [-0.2, 0) is 21.7 Å². The monoisotopic (exact) mass is 885 g/mol. The Hall–Kier alpha value is -6.46. The van der Waals surface area contributed by atoms with Crippen molar-refractivity contribution in [3.05, 3.63) is 161 Å². The molecule has 5 heterocycles. The van der Waals surface area contributed by atoms with Crippen molar-refractivity contribution in [2.24, 2.45) is 0 Å². The van der Waals surface area contributed by atoms with E-state index in [0.29, 0.717) is 0 Å². The molecule has 0 radical (unpaired) electrons. The summed E-state index contributed by atoms with van der Waals surface area (Å²) in [5.41, 5.74) is 24.2. The van der Waals surface area contributed by atoms with Gasteiger partial charge in [0.1, 0.15) is 5.58 Å². The first kappa shape index (κ1) is 40.6. The van der Waals surface area contributed by atoms with Gasteiger partial charge in [0.05, 0.1) is 11.2 Å².